The molecule has 0 aliphatic rings. The average Bonchev–Trinajstić information content (AvgIpc) is 2.99. The molecule has 3 aromatic rings. The molecule has 1 heterocycles. The number of aryl methyl sites for hydroxylation is 3. The lowest BCUT2D eigenvalue weighted by molar-refractivity contribution is 0.795. The van der Waals surface area contributed by atoms with Crippen LogP contribution in [0.1, 0.15) is 54.8 Å². The molecule has 0 radical (unpaired) electrons. The zero-order valence-corrected chi connectivity index (χ0v) is 17.0. The van der Waals surface area contributed by atoms with Gasteiger partial charge in [-0.25, -0.2) is 0 Å². The van der Waals surface area contributed by atoms with E-state index in [-0.39, 0.29) is 0 Å². The van der Waals surface area contributed by atoms with Gasteiger partial charge in [0, 0.05) is 28.9 Å². The van der Waals surface area contributed by atoms with Gasteiger partial charge < -0.3 is 4.57 Å². The van der Waals surface area contributed by atoms with Crippen LogP contribution in [-0.2, 0) is 12.8 Å². The molecule has 0 fully saturated rings. The summed E-state index contributed by atoms with van der Waals surface area (Å²) in [6.07, 6.45) is 6.68. The Kier molecular flexibility index (Phi) is 6.28. The fourth-order valence-electron chi connectivity index (χ4n) is 3.47. The molecule has 27 heavy (non-hydrogen) atoms. The first-order valence-electron chi connectivity index (χ1n) is 10.0. The van der Waals surface area contributed by atoms with Gasteiger partial charge in [0.05, 0.1) is 5.69 Å². The van der Waals surface area contributed by atoms with Gasteiger partial charge >= 0.3 is 0 Å². The Bertz CT molecular complexity index is 897. The number of benzene rings is 2. The summed E-state index contributed by atoms with van der Waals surface area (Å²) in [6.45, 7) is 8.73. The molecule has 0 N–H and O–H groups in total. The van der Waals surface area contributed by atoms with E-state index in [4.69, 9.17) is 4.99 Å². The van der Waals surface area contributed by atoms with Gasteiger partial charge in [-0.05, 0) is 74.6 Å². The van der Waals surface area contributed by atoms with Crippen LogP contribution >= 0.6 is 0 Å². The second-order valence-electron chi connectivity index (χ2n) is 7.21. The summed E-state index contributed by atoms with van der Waals surface area (Å²) >= 11 is 0. The number of aliphatic imine (C=N–C) groups is 1. The second kappa shape index (κ2) is 8.85. The summed E-state index contributed by atoms with van der Waals surface area (Å²) in [6, 6.07) is 19.7. The van der Waals surface area contributed by atoms with Crippen LogP contribution in [0.25, 0.3) is 5.69 Å². The van der Waals surface area contributed by atoms with E-state index in [2.05, 4.69) is 86.9 Å². The van der Waals surface area contributed by atoms with E-state index in [1.54, 1.807) is 0 Å². The third kappa shape index (κ3) is 4.57. The minimum absolute atomic E-state index is 1.01. The zero-order chi connectivity index (χ0) is 19.2. The lowest BCUT2D eigenvalue weighted by atomic mass is 10.1. The summed E-state index contributed by atoms with van der Waals surface area (Å²) < 4.78 is 2.30. The van der Waals surface area contributed by atoms with Crippen molar-refractivity contribution in [2.24, 2.45) is 4.99 Å². The number of hydrogen-bond acceptors (Lipinski definition) is 1. The lowest BCUT2D eigenvalue weighted by Gasteiger charge is -2.10. The Morgan fingerprint density at radius 1 is 0.889 bits per heavy atom. The van der Waals surface area contributed by atoms with Crippen LogP contribution in [0.3, 0.4) is 0 Å². The molecule has 0 bridgehead atoms. The van der Waals surface area contributed by atoms with E-state index < -0.39 is 0 Å². The van der Waals surface area contributed by atoms with Crippen molar-refractivity contribution in [1.82, 2.24) is 4.57 Å². The highest BCUT2D eigenvalue weighted by Crippen LogP contribution is 2.21. The molecule has 0 amide bonds. The predicted molar refractivity (Wildman–Crippen MR) is 117 cm³/mol. The summed E-state index contributed by atoms with van der Waals surface area (Å²) in [7, 11) is 0. The van der Waals surface area contributed by atoms with E-state index in [9.17, 15) is 0 Å². The van der Waals surface area contributed by atoms with E-state index in [0.29, 0.717) is 0 Å². The van der Waals surface area contributed by atoms with Gasteiger partial charge in [0.15, 0.2) is 0 Å². The van der Waals surface area contributed by atoms with Gasteiger partial charge in [0.25, 0.3) is 0 Å². The van der Waals surface area contributed by atoms with Crippen molar-refractivity contribution in [3.05, 3.63) is 82.7 Å². The summed E-state index contributed by atoms with van der Waals surface area (Å²) in [5.41, 5.74) is 8.60. The largest absolute Gasteiger partial charge is 0.318 e. The smallest absolute Gasteiger partial charge is 0.0630 e. The molecule has 2 nitrogen and oxygen atoms in total. The molecule has 0 spiro atoms. The van der Waals surface area contributed by atoms with Gasteiger partial charge in [-0.15, -0.1) is 0 Å². The van der Waals surface area contributed by atoms with E-state index in [1.165, 1.54) is 46.6 Å². The van der Waals surface area contributed by atoms with Crippen molar-refractivity contribution in [1.29, 1.82) is 0 Å². The Morgan fingerprint density at radius 2 is 1.56 bits per heavy atom. The molecule has 2 aromatic carbocycles. The molecule has 0 atom stereocenters. The average molecular weight is 359 g/mol. The maximum absolute atomic E-state index is 4.70. The van der Waals surface area contributed by atoms with Crippen molar-refractivity contribution < 1.29 is 0 Å². The first-order valence-corrected chi connectivity index (χ1v) is 10.0. The molecule has 3 rings (SSSR count). The number of hydrogen-bond donors (Lipinski definition) is 0. The van der Waals surface area contributed by atoms with Crippen LogP contribution in [0.15, 0.2) is 59.6 Å². The van der Waals surface area contributed by atoms with Crippen LogP contribution in [0.2, 0.25) is 0 Å². The Balaban J connectivity index is 1.80. The van der Waals surface area contributed by atoms with E-state index in [1.807, 2.05) is 6.21 Å². The molecular formula is C25H30N2. The fraction of sp³-hybridized carbons (Fsp3) is 0.320. The van der Waals surface area contributed by atoms with Crippen molar-refractivity contribution in [3.8, 4) is 5.69 Å². The predicted octanol–water partition coefficient (Wildman–Crippen LogP) is 6.75. The number of nitrogens with zero attached hydrogens (tertiary/aromatic N) is 2. The first-order chi connectivity index (χ1) is 13.1. The summed E-state index contributed by atoms with van der Waals surface area (Å²) in [5, 5.41) is 0. The maximum atomic E-state index is 4.70. The van der Waals surface area contributed by atoms with Crippen LogP contribution in [0.4, 0.5) is 5.69 Å². The minimum atomic E-state index is 1.01. The molecule has 2 heteroatoms. The third-order valence-corrected chi connectivity index (χ3v) is 5.18. The number of unbranched alkanes of at least 4 members (excludes halogenated alkanes) is 1. The van der Waals surface area contributed by atoms with Crippen LogP contribution < -0.4 is 0 Å². The topological polar surface area (TPSA) is 17.3 Å². The second-order valence-corrected chi connectivity index (χ2v) is 7.21. The molecule has 0 aliphatic heterocycles. The van der Waals surface area contributed by atoms with E-state index >= 15 is 0 Å². The Morgan fingerprint density at radius 3 is 2.19 bits per heavy atom. The van der Waals surface area contributed by atoms with Crippen LogP contribution in [-0.4, -0.2) is 10.8 Å². The highest BCUT2D eigenvalue weighted by molar-refractivity contribution is 5.84. The van der Waals surface area contributed by atoms with Gasteiger partial charge in [-0.2, -0.15) is 0 Å². The van der Waals surface area contributed by atoms with Gasteiger partial charge in [-0.3, -0.25) is 4.99 Å². The van der Waals surface area contributed by atoms with E-state index in [0.717, 1.165) is 18.5 Å². The fourth-order valence-corrected chi connectivity index (χ4v) is 3.47. The lowest BCUT2D eigenvalue weighted by Crippen LogP contribution is -1.99. The van der Waals surface area contributed by atoms with Crippen molar-refractivity contribution in [3.63, 3.8) is 0 Å². The van der Waals surface area contributed by atoms with Crippen LogP contribution in [0.5, 0.6) is 0 Å². The van der Waals surface area contributed by atoms with Gasteiger partial charge in [0.1, 0.15) is 0 Å². The van der Waals surface area contributed by atoms with Crippen LogP contribution in [0, 0.1) is 13.8 Å². The van der Waals surface area contributed by atoms with Crippen molar-refractivity contribution in [2.75, 3.05) is 0 Å². The zero-order valence-electron chi connectivity index (χ0n) is 17.0. The molecule has 1 aromatic heterocycles. The highest BCUT2D eigenvalue weighted by Gasteiger charge is 2.09. The molecule has 0 saturated heterocycles. The first kappa shape index (κ1) is 19.2. The third-order valence-electron chi connectivity index (χ3n) is 5.18. The molecule has 0 saturated carbocycles. The SMILES string of the molecule is CCCCc1ccc(N=Cc2cc(C)n(-c3ccc(CC)cc3)c2C)cc1. The van der Waals surface area contributed by atoms with Gasteiger partial charge in [-0.1, -0.05) is 44.5 Å². The number of rotatable bonds is 7. The summed E-state index contributed by atoms with van der Waals surface area (Å²) in [5.74, 6) is 0. The van der Waals surface area contributed by atoms with Crippen molar-refractivity contribution in [2.45, 2.75) is 53.4 Å². The normalized spacial score (nSPS) is 11.4. The molecule has 140 valence electrons. The van der Waals surface area contributed by atoms with Crippen molar-refractivity contribution >= 4 is 11.9 Å². The standard InChI is InChI=1S/C25H30N2/c1-5-7-8-22-9-13-24(14-10-22)26-18-23-17-19(3)27(20(23)4)25-15-11-21(6-2)12-16-25/h9-18H,5-8H2,1-4H3. The minimum Gasteiger partial charge on any atom is -0.318 e. The maximum Gasteiger partial charge on any atom is 0.0630 e. The monoisotopic (exact) mass is 358 g/mol. The van der Waals surface area contributed by atoms with Gasteiger partial charge in [0.2, 0.25) is 0 Å². The molecule has 0 unspecified atom stereocenters. The number of aromatic nitrogens is 1. The highest BCUT2D eigenvalue weighted by atomic mass is 15.0. The Labute approximate surface area is 163 Å². The molecule has 0 aliphatic carbocycles. The Hall–Kier alpha value is -2.61. The quantitative estimate of drug-likeness (QED) is 0.416. The summed E-state index contributed by atoms with van der Waals surface area (Å²) in [4.78, 5) is 4.70. The molecular weight excluding hydrogens is 328 g/mol.